The van der Waals surface area contributed by atoms with Crippen LogP contribution in [0.3, 0.4) is 0 Å². The summed E-state index contributed by atoms with van der Waals surface area (Å²) < 4.78 is 5.34. The number of furan rings is 1. The molecule has 0 aliphatic heterocycles. The lowest BCUT2D eigenvalue weighted by molar-refractivity contribution is 0.0923. The molecule has 1 heterocycles. The van der Waals surface area contributed by atoms with Crippen molar-refractivity contribution in [2.75, 3.05) is 6.54 Å². The zero-order valence-electron chi connectivity index (χ0n) is 14.2. The average Bonchev–Trinajstić information content (AvgIpc) is 3.04. The highest BCUT2D eigenvalue weighted by atomic mass is 16.4. The molecule has 4 N–H and O–H groups in total. The van der Waals surface area contributed by atoms with Crippen LogP contribution in [0.4, 0.5) is 0 Å². The maximum absolute atomic E-state index is 12.3. The van der Waals surface area contributed by atoms with E-state index >= 15 is 0 Å². The Balaban J connectivity index is 2.01. The molecule has 2 aromatic rings. The molecule has 0 saturated heterocycles. The van der Waals surface area contributed by atoms with Gasteiger partial charge in [-0.1, -0.05) is 44.2 Å². The van der Waals surface area contributed by atoms with E-state index in [2.05, 4.69) is 19.2 Å². The van der Waals surface area contributed by atoms with Gasteiger partial charge in [-0.25, -0.2) is 0 Å². The highest BCUT2D eigenvalue weighted by Crippen LogP contribution is 2.23. The summed E-state index contributed by atoms with van der Waals surface area (Å²) in [4.78, 5) is 12.3. The summed E-state index contributed by atoms with van der Waals surface area (Å²) in [6.45, 7) is 4.79. The summed E-state index contributed by atoms with van der Waals surface area (Å²) >= 11 is 0. The number of nitrogens with one attached hydrogen (secondary N) is 1. The predicted molar refractivity (Wildman–Crippen MR) is 93.6 cm³/mol. The lowest BCUT2D eigenvalue weighted by Crippen LogP contribution is -2.32. The van der Waals surface area contributed by atoms with Crippen LogP contribution >= 0.6 is 0 Å². The summed E-state index contributed by atoms with van der Waals surface area (Å²) in [5.74, 6) is 0.491. The van der Waals surface area contributed by atoms with Gasteiger partial charge in [0.05, 0.1) is 11.8 Å². The highest BCUT2D eigenvalue weighted by molar-refractivity contribution is 5.95. The molecule has 2 rings (SSSR count). The van der Waals surface area contributed by atoms with E-state index in [1.807, 2.05) is 30.3 Å². The van der Waals surface area contributed by atoms with E-state index in [0.29, 0.717) is 24.4 Å². The van der Waals surface area contributed by atoms with Crippen LogP contribution in [0, 0.1) is 5.92 Å². The Morgan fingerprint density at radius 2 is 1.96 bits per heavy atom. The van der Waals surface area contributed by atoms with Crippen molar-refractivity contribution in [1.29, 1.82) is 0 Å². The van der Waals surface area contributed by atoms with Crippen molar-refractivity contribution in [3.63, 3.8) is 0 Å². The number of carbonyl (C=O) groups is 1. The van der Waals surface area contributed by atoms with Crippen molar-refractivity contribution in [2.24, 2.45) is 11.7 Å². The van der Waals surface area contributed by atoms with Crippen molar-refractivity contribution < 1.29 is 14.3 Å². The second-order valence-corrected chi connectivity index (χ2v) is 6.44. The fourth-order valence-corrected chi connectivity index (χ4v) is 2.50. The first-order valence-electron chi connectivity index (χ1n) is 8.32. The third-order valence-electron chi connectivity index (χ3n) is 3.94. The Hall–Kier alpha value is -2.11. The van der Waals surface area contributed by atoms with Gasteiger partial charge in [-0.05, 0) is 30.4 Å². The number of hydrogen-bond acceptors (Lipinski definition) is 4. The molecule has 0 fully saturated rings. The molecular formula is C19H26N2O3. The van der Waals surface area contributed by atoms with Crippen LogP contribution in [0.5, 0.6) is 0 Å². The lowest BCUT2D eigenvalue weighted by Gasteiger charge is -2.18. The maximum atomic E-state index is 12.3. The average molecular weight is 330 g/mol. The fraction of sp³-hybridized carbons (Fsp3) is 0.421. The summed E-state index contributed by atoms with van der Waals surface area (Å²) in [5, 5.41) is 13.3. The van der Waals surface area contributed by atoms with Gasteiger partial charge < -0.3 is 20.6 Å². The van der Waals surface area contributed by atoms with E-state index in [9.17, 15) is 9.90 Å². The van der Waals surface area contributed by atoms with Gasteiger partial charge in [-0.15, -0.1) is 0 Å². The molecule has 5 heteroatoms. The second kappa shape index (κ2) is 8.66. The normalized spacial score (nSPS) is 13.7. The molecule has 5 nitrogen and oxygen atoms in total. The highest BCUT2D eigenvalue weighted by Gasteiger charge is 2.26. The minimum absolute atomic E-state index is 0.223. The number of hydrogen-bond donors (Lipinski definition) is 3. The number of nitrogens with two attached hydrogens (primary N) is 1. The van der Waals surface area contributed by atoms with Crippen LogP contribution < -0.4 is 11.1 Å². The van der Waals surface area contributed by atoms with Crippen LogP contribution in [0.1, 0.15) is 48.1 Å². The molecule has 24 heavy (non-hydrogen) atoms. The van der Waals surface area contributed by atoms with E-state index in [-0.39, 0.29) is 11.7 Å². The summed E-state index contributed by atoms with van der Waals surface area (Å²) in [5.41, 5.74) is 7.48. The van der Waals surface area contributed by atoms with Gasteiger partial charge >= 0.3 is 0 Å². The topological polar surface area (TPSA) is 88.5 Å². The van der Waals surface area contributed by atoms with E-state index in [4.69, 9.17) is 10.2 Å². The summed E-state index contributed by atoms with van der Waals surface area (Å²) in [6.07, 6.45) is 1.77. The molecule has 1 aromatic carbocycles. The quantitative estimate of drug-likeness (QED) is 0.694. The van der Waals surface area contributed by atoms with E-state index < -0.39 is 12.1 Å². The summed E-state index contributed by atoms with van der Waals surface area (Å²) in [6, 6.07) is 10.7. The third kappa shape index (κ3) is 4.94. The van der Waals surface area contributed by atoms with Gasteiger partial charge in [0.25, 0.3) is 5.91 Å². The Labute approximate surface area is 142 Å². The largest absolute Gasteiger partial charge is 0.466 e. The minimum Gasteiger partial charge on any atom is -0.466 e. The van der Waals surface area contributed by atoms with E-state index in [0.717, 1.165) is 12.0 Å². The van der Waals surface area contributed by atoms with Crippen LogP contribution in [0.15, 0.2) is 47.1 Å². The molecular weight excluding hydrogens is 304 g/mol. The molecule has 0 spiro atoms. The second-order valence-electron chi connectivity index (χ2n) is 6.44. The molecule has 0 radical (unpaired) electrons. The van der Waals surface area contributed by atoms with Crippen molar-refractivity contribution in [1.82, 2.24) is 5.32 Å². The van der Waals surface area contributed by atoms with Crippen LogP contribution in [0.25, 0.3) is 0 Å². The minimum atomic E-state index is -1.04. The van der Waals surface area contributed by atoms with Gasteiger partial charge in [-0.2, -0.15) is 0 Å². The number of amides is 1. The monoisotopic (exact) mass is 330 g/mol. The lowest BCUT2D eigenvalue weighted by atomic mass is 9.98. The Morgan fingerprint density at radius 3 is 2.62 bits per heavy atom. The molecule has 0 saturated carbocycles. The Kier molecular flexibility index (Phi) is 6.58. The maximum Gasteiger partial charge on any atom is 0.254 e. The molecule has 1 aromatic heterocycles. The van der Waals surface area contributed by atoms with Gasteiger partial charge in [0.15, 0.2) is 0 Å². The smallest absolute Gasteiger partial charge is 0.254 e. The first kappa shape index (κ1) is 18.2. The third-order valence-corrected chi connectivity index (χ3v) is 3.94. The molecule has 0 aliphatic rings. The zero-order chi connectivity index (χ0) is 17.5. The first-order valence-corrected chi connectivity index (χ1v) is 8.32. The number of aliphatic hydroxyl groups is 1. The number of aliphatic hydroxyl groups excluding tert-OH is 1. The van der Waals surface area contributed by atoms with Crippen LogP contribution in [-0.2, 0) is 6.42 Å². The number of carbonyl (C=O) groups excluding carboxylic acids is 1. The Morgan fingerprint density at radius 1 is 1.25 bits per heavy atom. The summed E-state index contributed by atoms with van der Waals surface area (Å²) in [7, 11) is 0. The van der Waals surface area contributed by atoms with Gasteiger partial charge in [-0.3, -0.25) is 4.79 Å². The van der Waals surface area contributed by atoms with Crippen molar-refractivity contribution >= 4 is 5.91 Å². The zero-order valence-corrected chi connectivity index (χ0v) is 14.2. The van der Waals surface area contributed by atoms with E-state index in [1.165, 1.54) is 6.26 Å². The molecule has 2 atom stereocenters. The van der Waals surface area contributed by atoms with Gasteiger partial charge in [0, 0.05) is 12.6 Å². The SMILES string of the molecule is CC(C)CCNC(=O)c1ccoc1[C@@H](O)[C@@H](N)Cc1ccccc1. The molecule has 130 valence electrons. The van der Waals surface area contributed by atoms with Crippen LogP contribution in [0.2, 0.25) is 0 Å². The molecule has 0 aliphatic carbocycles. The van der Waals surface area contributed by atoms with E-state index in [1.54, 1.807) is 6.07 Å². The predicted octanol–water partition coefficient (Wildman–Crippen LogP) is 2.66. The molecule has 1 amide bonds. The Bertz CT molecular complexity index is 637. The first-order chi connectivity index (χ1) is 11.5. The van der Waals surface area contributed by atoms with Gasteiger partial charge in [0.2, 0.25) is 0 Å². The van der Waals surface area contributed by atoms with Crippen molar-refractivity contribution in [3.8, 4) is 0 Å². The molecule has 0 bridgehead atoms. The van der Waals surface area contributed by atoms with Crippen molar-refractivity contribution in [2.45, 2.75) is 38.8 Å². The number of benzene rings is 1. The van der Waals surface area contributed by atoms with Crippen LogP contribution in [-0.4, -0.2) is 23.6 Å². The van der Waals surface area contributed by atoms with Crippen molar-refractivity contribution in [3.05, 3.63) is 59.5 Å². The fourth-order valence-electron chi connectivity index (χ4n) is 2.50. The molecule has 0 unspecified atom stereocenters. The van der Waals surface area contributed by atoms with Gasteiger partial charge in [0.1, 0.15) is 11.9 Å². The standard InChI is InChI=1S/C19H26N2O3/c1-13(2)8-10-21-19(23)15-9-11-24-18(15)17(22)16(20)12-14-6-4-3-5-7-14/h3-7,9,11,13,16-17,22H,8,10,12,20H2,1-2H3,(H,21,23)/t16-,17-/m0/s1. The number of rotatable bonds is 8.